The number of nitrogens with zero attached hydrogens (tertiary/aromatic N) is 1. The molecule has 0 radical (unpaired) electrons. The van der Waals surface area contributed by atoms with Crippen molar-refractivity contribution in [2.24, 2.45) is 0 Å². The summed E-state index contributed by atoms with van der Waals surface area (Å²) in [5.41, 5.74) is 6.33. The van der Waals surface area contributed by atoms with Gasteiger partial charge in [0.15, 0.2) is 0 Å². The number of imide groups is 1. The lowest BCUT2D eigenvalue weighted by molar-refractivity contribution is -0.137. The van der Waals surface area contributed by atoms with Gasteiger partial charge in [0.1, 0.15) is 12.4 Å². The molecule has 2 rings (SSSR count). The predicted molar refractivity (Wildman–Crippen MR) is 149 cm³/mol. The Labute approximate surface area is 241 Å². The molecule has 13 heteroatoms. The molecule has 0 aliphatic carbocycles. The second kappa shape index (κ2) is 24.0. The zero-order valence-corrected chi connectivity index (χ0v) is 23.7. The summed E-state index contributed by atoms with van der Waals surface area (Å²) in [5.74, 6) is 0.154. The molecule has 1 aromatic rings. The van der Waals surface area contributed by atoms with Crippen molar-refractivity contribution in [3.63, 3.8) is 0 Å². The summed E-state index contributed by atoms with van der Waals surface area (Å²) in [6.45, 7) is 8.05. The molecule has 0 unspecified atom stereocenters. The summed E-state index contributed by atoms with van der Waals surface area (Å²) in [6, 6.07) is 7.24. The number of benzene rings is 1. The van der Waals surface area contributed by atoms with Crippen LogP contribution in [0.25, 0.3) is 0 Å². The van der Waals surface area contributed by atoms with Crippen LogP contribution in [-0.2, 0) is 47.5 Å². The van der Waals surface area contributed by atoms with Crippen molar-refractivity contribution in [3.05, 3.63) is 36.4 Å². The molecule has 2 amide bonds. The smallest absolute Gasteiger partial charge is 0.253 e. The van der Waals surface area contributed by atoms with Gasteiger partial charge in [-0.25, -0.2) is 0 Å². The Kier molecular flexibility index (Phi) is 20.3. The maximum absolute atomic E-state index is 11.4. The number of ether oxygens (including phenoxy) is 9. The number of amides is 2. The molecular weight excluding hydrogens is 540 g/mol. The van der Waals surface area contributed by atoms with Crippen LogP contribution in [0.1, 0.15) is 0 Å². The zero-order valence-electron chi connectivity index (χ0n) is 23.7. The molecule has 1 aliphatic rings. The highest BCUT2D eigenvalue weighted by molar-refractivity contribution is 6.12. The molecule has 41 heavy (non-hydrogen) atoms. The van der Waals surface area contributed by atoms with Gasteiger partial charge in [0, 0.05) is 17.8 Å². The minimum atomic E-state index is -0.306. The fraction of sp³-hybridized carbons (Fsp3) is 0.643. The van der Waals surface area contributed by atoms with E-state index in [0.717, 1.165) is 10.6 Å². The third-order valence-electron chi connectivity index (χ3n) is 5.34. The molecule has 2 N–H and O–H groups in total. The van der Waals surface area contributed by atoms with Crippen LogP contribution in [0.3, 0.4) is 0 Å². The molecule has 0 bridgehead atoms. The summed E-state index contributed by atoms with van der Waals surface area (Å²) in [6.07, 6.45) is 2.51. The van der Waals surface area contributed by atoms with Crippen molar-refractivity contribution < 1.29 is 52.2 Å². The Morgan fingerprint density at radius 2 is 0.780 bits per heavy atom. The first-order valence-corrected chi connectivity index (χ1v) is 13.8. The number of nitrogen functional groups attached to an aromatic ring is 1. The van der Waals surface area contributed by atoms with Crippen LogP contribution in [0.2, 0.25) is 0 Å². The number of rotatable bonds is 28. The minimum absolute atomic E-state index is 0.241. The van der Waals surface area contributed by atoms with E-state index in [0.29, 0.717) is 111 Å². The maximum atomic E-state index is 11.4. The summed E-state index contributed by atoms with van der Waals surface area (Å²) in [5, 5.41) is 0. The molecule has 1 aliphatic heterocycles. The van der Waals surface area contributed by atoms with Crippen LogP contribution in [0.5, 0.6) is 5.75 Å². The van der Waals surface area contributed by atoms with Gasteiger partial charge in [-0.3, -0.25) is 14.5 Å². The lowest BCUT2D eigenvalue weighted by Gasteiger charge is -2.13. The van der Waals surface area contributed by atoms with E-state index in [2.05, 4.69) is 0 Å². The van der Waals surface area contributed by atoms with Crippen LogP contribution in [0.15, 0.2) is 36.4 Å². The Morgan fingerprint density at radius 3 is 1.15 bits per heavy atom. The van der Waals surface area contributed by atoms with Crippen molar-refractivity contribution >= 4 is 17.5 Å². The minimum Gasteiger partial charge on any atom is -0.491 e. The van der Waals surface area contributed by atoms with Gasteiger partial charge < -0.3 is 48.4 Å². The van der Waals surface area contributed by atoms with Crippen LogP contribution in [0, 0.1) is 0 Å². The van der Waals surface area contributed by atoms with Crippen molar-refractivity contribution in [1.82, 2.24) is 4.90 Å². The van der Waals surface area contributed by atoms with E-state index < -0.39 is 0 Å². The topological polar surface area (TPSA) is 146 Å². The molecule has 0 spiro atoms. The summed E-state index contributed by atoms with van der Waals surface area (Å²) in [4.78, 5) is 23.9. The normalized spacial score (nSPS) is 13.0. The molecule has 13 nitrogen and oxygen atoms in total. The van der Waals surface area contributed by atoms with Crippen LogP contribution >= 0.6 is 0 Å². The second-order valence-corrected chi connectivity index (χ2v) is 8.48. The fourth-order valence-electron chi connectivity index (χ4n) is 3.23. The number of nitrogens with two attached hydrogens (primary N) is 1. The predicted octanol–water partition coefficient (Wildman–Crippen LogP) is 0.705. The first-order chi connectivity index (χ1) is 20.2. The van der Waals surface area contributed by atoms with Gasteiger partial charge in [-0.2, -0.15) is 0 Å². The highest BCUT2D eigenvalue weighted by atomic mass is 16.6. The number of carbonyl (C=O) groups is 2. The van der Waals surface area contributed by atoms with Gasteiger partial charge in [-0.1, -0.05) is 0 Å². The van der Waals surface area contributed by atoms with Crippen LogP contribution in [0.4, 0.5) is 5.69 Å². The highest BCUT2D eigenvalue weighted by Gasteiger charge is 2.22. The average Bonchev–Trinajstić information content (AvgIpc) is 3.30. The van der Waals surface area contributed by atoms with Gasteiger partial charge in [0.05, 0.1) is 112 Å². The molecule has 0 saturated heterocycles. The standard InChI is InChI=1S/C28H44N2O11/c29-25-1-3-26(4-2-25)41-24-23-40-22-21-39-20-19-38-18-17-37-16-15-36-14-13-35-12-11-34-10-9-33-8-7-30-27(31)5-6-28(30)32/h1-6H,7-24,29H2. The van der Waals surface area contributed by atoms with E-state index >= 15 is 0 Å². The summed E-state index contributed by atoms with van der Waals surface area (Å²) < 4.78 is 49.0. The van der Waals surface area contributed by atoms with Crippen molar-refractivity contribution in [3.8, 4) is 5.75 Å². The third kappa shape index (κ3) is 18.4. The Morgan fingerprint density at radius 1 is 0.463 bits per heavy atom. The lowest BCUT2D eigenvalue weighted by atomic mass is 10.3. The molecule has 0 aromatic heterocycles. The highest BCUT2D eigenvalue weighted by Crippen LogP contribution is 2.12. The molecule has 0 fully saturated rings. The van der Waals surface area contributed by atoms with Gasteiger partial charge in [0.25, 0.3) is 11.8 Å². The Balaban J connectivity index is 1.17. The lowest BCUT2D eigenvalue weighted by Crippen LogP contribution is -2.33. The monoisotopic (exact) mass is 584 g/mol. The first-order valence-electron chi connectivity index (χ1n) is 13.8. The van der Waals surface area contributed by atoms with E-state index in [1.165, 1.54) is 12.2 Å². The number of hydrogen-bond acceptors (Lipinski definition) is 12. The molecule has 0 atom stereocenters. The Hall–Kier alpha value is -2.62. The average molecular weight is 585 g/mol. The molecule has 1 heterocycles. The van der Waals surface area contributed by atoms with E-state index in [-0.39, 0.29) is 25.0 Å². The first kappa shape index (κ1) is 34.6. The van der Waals surface area contributed by atoms with Gasteiger partial charge in [0.2, 0.25) is 0 Å². The van der Waals surface area contributed by atoms with Crippen LogP contribution in [-0.4, -0.2) is 136 Å². The third-order valence-corrected chi connectivity index (χ3v) is 5.34. The largest absolute Gasteiger partial charge is 0.491 e. The fourth-order valence-corrected chi connectivity index (χ4v) is 3.23. The van der Waals surface area contributed by atoms with E-state index in [1.54, 1.807) is 12.1 Å². The van der Waals surface area contributed by atoms with Crippen molar-refractivity contribution in [2.75, 3.05) is 125 Å². The van der Waals surface area contributed by atoms with Crippen molar-refractivity contribution in [2.45, 2.75) is 0 Å². The number of carbonyl (C=O) groups excluding carboxylic acids is 2. The van der Waals surface area contributed by atoms with Gasteiger partial charge >= 0.3 is 0 Å². The molecule has 1 aromatic carbocycles. The molecular formula is C28H44N2O11. The zero-order chi connectivity index (χ0) is 29.2. The number of anilines is 1. The van der Waals surface area contributed by atoms with Gasteiger partial charge in [-0.15, -0.1) is 0 Å². The summed E-state index contributed by atoms with van der Waals surface area (Å²) in [7, 11) is 0. The van der Waals surface area contributed by atoms with Gasteiger partial charge in [-0.05, 0) is 24.3 Å². The van der Waals surface area contributed by atoms with Crippen molar-refractivity contribution in [1.29, 1.82) is 0 Å². The van der Waals surface area contributed by atoms with E-state index in [4.69, 9.17) is 48.4 Å². The summed E-state index contributed by atoms with van der Waals surface area (Å²) >= 11 is 0. The second-order valence-electron chi connectivity index (χ2n) is 8.48. The van der Waals surface area contributed by atoms with E-state index in [1.807, 2.05) is 12.1 Å². The Bertz CT molecular complexity index is 821. The maximum Gasteiger partial charge on any atom is 0.253 e. The quantitative estimate of drug-likeness (QED) is 0.0840. The SMILES string of the molecule is Nc1ccc(OCCOCCOCCOCCOCCOCCOCCOCCOCCN2C(=O)C=CC2=O)cc1. The van der Waals surface area contributed by atoms with Crippen LogP contribution < -0.4 is 10.5 Å². The number of hydrogen-bond donors (Lipinski definition) is 1. The van der Waals surface area contributed by atoms with E-state index in [9.17, 15) is 9.59 Å². The molecule has 232 valence electrons. The molecule has 0 saturated carbocycles.